The third-order valence-corrected chi connectivity index (χ3v) is 6.48. The van der Waals surface area contributed by atoms with Crippen LogP contribution in [0.1, 0.15) is 48.3 Å². The third kappa shape index (κ3) is 7.13. The molecule has 1 heterocycles. The monoisotopic (exact) mass is 577 g/mol. The summed E-state index contributed by atoms with van der Waals surface area (Å²) < 4.78 is 68.1. The first-order chi connectivity index (χ1) is 19.2. The number of rotatable bonds is 11. The Labute approximate surface area is 234 Å². The Morgan fingerprint density at radius 3 is 2.34 bits per heavy atom. The van der Waals surface area contributed by atoms with Crippen LogP contribution in [-0.2, 0) is 11.1 Å². The number of hydrogen-bond acceptors (Lipinski definition) is 7. The number of aliphatic hydroxyl groups is 2. The van der Waals surface area contributed by atoms with Crippen molar-refractivity contribution in [1.82, 2.24) is 10.3 Å². The molecule has 1 aliphatic carbocycles. The van der Waals surface area contributed by atoms with E-state index in [2.05, 4.69) is 10.3 Å². The molecule has 0 bridgehead atoms. The molecule has 0 spiro atoms. The molecule has 1 aromatic heterocycles. The number of halogens is 4. The van der Waals surface area contributed by atoms with Gasteiger partial charge in [0.2, 0.25) is 5.60 Å². The standard InChI is InChI=1S/C29H31F4N3O5/c1-27(2,34)19-14-22(17-3-6-20(30)7-4-17)36-25(15-19)28(39,29(31,32)33)16-35-26(38)18-5-10-23(40-12-11-37)24(13-18)41-21-8-9-21/h3-7,10,13-15,21,37,39H,8-9,11-12,16,34H2,1-2H3,(H,35,38). The van der Waals surface area contributed by atoms with Gasteiger partial charge in [0, 0.05) is 16.7 Å². The Balaban J connectivity index is 1.66. The largest absolute Gasteiger partial charge is 0.487 e. The van der Waals surface area contributed by atoms with Gasteiger partial charge < -0.3 is 30.7 Å². The molecule has 0 saturated heterocycles. The van der Waals surface area contributed by atoms with Gasteiger partial charge in [0.05, 0.1) is 30.6 Å². The molecule has 1 atom stereocenters. The number of alkyl halides is 3. The SMILES string of the molecule is CC(C)(N)c1cc(-c2ccc(F)cc2)nc(C(O)(CNC(=O)c2ccc(OCCO)c(OC3CC3)c2)C(F)(F)F)c1. The van der Waals surface area contributed by atoms with Crippen molar-refractivity contribution in [3.05, 3.63) is 77.2 Å². The highest BCUT2D eigenvalue weighted by atomic mass is 19.4. The first-order valence-corrected chi connectivity index (χ1v) is 12.9. The average molecular weight is 578 g/mol. The molecular formula is C29H31F4N3O5. The first-order valence-electron chi connectivity index (χ1n) is 12.9. The zero-order valence-corrected chi connectivity index (χ0v) is 22.5. The van der Waals surface area contributed by atoms with Crippen LogP contribution in [0, 0.1) is 5.82 Å². The molecule has 0 radical (unpaired) electrons. The lowest BCUT2D eigenvalue weighted by atomic mass is 9.89. The number of hydrogen-bond donors (Lipinski definition) is 4. The van der Waals surface area contributed by atoms with Crippen LogP contribution in [0.3, 0.4) is 0 Å². The fourth-order valence-corrected chi connectivity index (χ4v) is 3.91. The van der Waals surface area contributed by atoms with E-state index in [1.165, 1.54) is 36.4 Å². The third-order valence-electron chi connectivity index (χ3n) is 6.48. The summed E-state index contributed by atoms with van der Waals surface area (Å²) >= 11 is 0. The summed E-state index contributed by atoms with van der Waals surface area (Å²) in [6, 6.07) is 11.5. The Kier molecular flexibility index (Phi) is 8.57. The minimum absolute atomic E-state index is 0.0171. The number of nitrogens with two attached hydrogens (primary N) is 1. The normalized spacial score (nSPS) is 15.2. The fraction of sp³-hybridized carbons (Fsp3) is 0.379. The molecule has 2 aromatic carbocycles. The summed E-state index contributed by atoms with van der Waals surface area (Å²) in [5, 5.41) is 22.3. The summed E-state index contributed by atoms with van der Waals surface area (Å²) in [6.45, 7) is 1.62. The van der Waals surface area contributed by atoms with E-state index >= 15 is 0 Å². The Morgan fingerprint density at radius 2 is 1.76 bits per heavy atom. The number of pyridine rings is 1. The van der Waals surface area contributed by atoms with Gasteiger partial charge in [-0.1, -0.05) is 0 Å². The lowest BCUT2D eigenvalue weighted by molar-refractivity contribution is -0.265. The molecule has 5 N–H and O–H groups in total. The molecule has 220 valence electrons. The highest BCUT2D eigenvalue weighted by molar-refractivity contribution is 5.95. The molecule has 0 aliphatic heterocycles. The van der Waals surface area contributed by atoms with E-state index in [0.717, 1.165) is 31.0 Å². The molecule has 4 rings (SSSR count). The van der Waals surface area contributed by atoms with E-state index in [1.807, 2.05) is 0 Å². The van der Waals surface area contributed by atoms with Gasteiger partial charge in [-0.15, -0.1) is 0 Å². The van der Waals surface area contributed by atoms with Gasteiger partial charge in [0.25, 0.3) is 5.91 Å². The van der Waals surface area contributed by atoms with Crippen LogP contribution in [-0.4, -0.2) is 53.1 Å². The number of aliphatic hydroxyl groups excluding tert-OH is 1. The van der Waals surface area contributed by atoms with Crippen LogP contribution < -0.4 is 20.5 Å². The van der Waals surface area contributed by atoms with Crippen molar-refractivity contribution in [2.45, 2.75) is 50.1 Å². The maximum Gasteiger partial charge on any atom is 0.424 e. The van der Waals surface area contributed by atoms with Gasteiger partial charge in [0.15, 0.2) is 11.5 Å². The van der Waals surface area contributed by atoms with Crippen LogP contribution in [0.4, 0.5) is 17.6 Å². The predicted octanol–water partition coefficient (Wildman–Crippen LogP) is 4.17. The van der Waals surface area contributed by atoms with Gasteiger partial charge in [-0.25, -0.2) is 9.37 Å². The van der Waals surface area contributed by atoms with Crippen LogP contribution in [0.5, 0.6) is 11.5 Å². The summed E-state index contributed by atoms with van der Waals surface area (Å²) in [5.74, 6) is -0.968. The number of carbonyl (C=O) groups excluding carboxylic acids is 1. The minimum Gasteiger partial charge on any atom is -0.487 e. The maximum atomic E-state index is 14.5. The number of nitrogens with zero attached hydrogens (tertiary/aromatic N) is 1. The number of nitrogens with one attached hydrogen (secondary N) is 1. The summed E-state index contributed by atoms with van der Waals surface area (Å²) in [6.07, 6.45) is -3.71. The second-order valence-electron chi connectivity index (χ2n) is 10.4. The van der Waals surface area contributed by atoms with Crippen molar-refractivity contribution in [3.63, 3.8) is 0 Å². The van der Waals surface area contributed by atoms with Crippen LogP contribution in [0.15, 0.2) is 54.6 Å². The second-order valence-corrected chi connectivity index (χ2v) is 10.4. The van der Waals surface area contributed by atoms with Gasteiger partial charge in [0.1, 0.15) is 12.4 Å². The van der Waals surface area contributed by atoms with E-state index in [0.29, 0.717) is 5.56 Å². The van der Waals surface area contributed by atoms with Crippen LogP contribution in [0.2, 0.25) is 0 Å². The van der Waals surface area contributed by atoms with E-state index in [1.54, 1.807) is 13.8 Å². The molecule has 3 aromatic rings. The van der Waals surface area contributed by atoms with E-state index < -0.39 is 41.3 Å². The molecule has 1 amide bonds. The predicted molar refractivity (Wildman–Crippen MR) is 142 cm³/mol. The molecule has 1 saturated carbocycles. The quantitative estimate of drug-likeness (QED) is 0.252. The topological polar surface area (TPSA) is 127 Å². The van der Waals surface area contributed by atoms with Crippen molar-refractivity contribution < 1.29 is 42.0 Å². The molecule has 1 aliphatic rings. The zero-order valence-electron chi connectivity index (χ0n) is 22.5. The number of ether oxygens (including phenoxy) is 2. The smallest absolute Gasteiger partial charge is 0.424 e. The van der Waals surface area contributed by atoms with Gasteiger partial charge in [-0.3, -0.25) is 4.79 Å². The van der Waals surface area contributed by atoms with E-state index in [9.17, 15) is 27.5 Å². The van der Waals surface area contributed by atoms with Crippen molar-refractivity contribution in [2.75, 3.05) is 19.8 Å². The van der Waals surface area contributed by atoms with Crippen molar-refractivity contribution >= 4 is 5.91 Å². The highest BCUT2D eigenvalue weighted by Gasteiger charge is 2.56. The lowest BCUT2D eigenvalue weighted by Crippen LogP contribution is -2.51. The van der Waals surface area contributed by atoms with Gasteiger partial charge in [-0.05, 0) is 86.8 Å². The Hall–Kier alpha value is -3.74. The molecular weight excluding hydrogens is 546 g/mol. The molecule has 41 heavy (non-hydrogen) atoms. The molecule has 1 fully saturated rings. The first kappa shape index (κ1) is 30.2. The second kappa shape index (κ2) is 11.6. The molecule has 8 nitrogen and oxygen atoms in total. The van der Waals surface area contributed by atoms with Crippen molar-refractivity contribution in [1.29, 1.82) is 0 Å². The van der Waals surface area contributed by atoms with Crippen LogP contribution in [0.25, 0.3) is 11.3 Å². The Bertz CT molecular complexity index is 1390. The molecule has 12 heteroatoms. The summed E-state index contributed by atoms with van der Waals surface area (Å²) in [7, 11) is 0. The van der Waals surface area contributed by atoms with Crippen molar-refractivity contribution in [3.8, 4) is 22.8 Å². The molecule has 1 unspecified atom stereocenters. The zero-order chi connectivity index (χ0) is 30.0. The summed E-state index contributed by atoms with van der Waals surface area (Å²) in [5.41, 5.74) is 1.22. The van der Waals surface area contributed by atoms with Crippen LogP contribution >= 0.6 is 0 Å². The average Bonchev–Trinajstić information content (AvgIpc) is 3.74. The number of amides is 1. The lowest BCUT2D eigenvalue weighted by Gasteiger charge is -2.32. The van der Waals surface area contributed by atoms with E-state index in [4.69, 9.17) is 20.3 Å². The van der Waals surface area contributed by atoms with Gasteiger partial charge in [-0.2, -0.15) is 13.2 Å². The van der Waals surface area contributed by atoms with Crippen molar-refractivity contribution in [2.24, 2.45) is 5.73 Å². The summed E-state index contributed by atoms with van der Waals surface area (Å²) in [4.78, 5) is 17.0. The Morgan fingerprint density at radius 1 is 1.07 bits per heavy atom. The number of carbonyl (C=O) groups is 1. The number of benzene rings is 2. The highest BCUT2D eigenvalue weighted by Crippen LogP contribution is 2.40. The maximum absolute atomic E-state index is 14.5. The van der Waals surface area contributed by atoms with E-state index in [-0.39, 0.29) is 47.6 Å². The minimum atomic E-state index is -5.26. The van der Waals surface area contributed by atoms with Gasteiger partial charge >= 0.3 is 6.18 Å². The number of aromatic nitrogens is 1. The fourth-order valence-electron chi connectivity index (χ4n) is 3.91.